The van der Waals surface area contributed by atoms with Gasteiger partial charge < -0.3 is 15.1 Å². The number of ether oxygens (including phenoxy) is 1. The van der Waals surface area contributed by atoms with E-state index in [1.54, 1.807) is 30.5 Å². The second kappa shape index (κ2) is 8.10. The predicted octanol–water partition coefficient (Wildman–Crippen LogP) is 3.22. The van der Waals surface area contributed by atoms with Gasteiger partial charge in [0.15, 0.2) is 5.84 Å². The van der Waals surface area contributed by atoms with E-state index in [1.165, 1.54) is 0 Å². The van der Waals surface area contributed by atoms with Crippen LogP contribution in [0.5, 0.6) is 5.75 Å². The van der Waals surface area contributed by atoms with Crippen molar-refractivity contribution in [2.75, 3.05) is 0 Å². The van der Waals surface area contributed by atoms with Gasteiger partial charge in [-0.1, -0.05) is 29.4 Å². The highest BCUT2D eigenvalue weighted by Gasteiger charge is 2.02. The fraction of sp³-hybridized carbons (Fsp3) is 0.222. The molecule has 0 fully saturated rings. The van der Waals surface area contributed by atoms with Crippen LogP contribution in [0.3, 0.4) is 0 Å². The van der Waals surface area contributed by atoms with Crippen LogP contribution in [0, 0.1) is 0 Å². The molecule has 2 N–H and O–H groups in total. The summed E-state index contributed by atoms with van der Waals surface area (Å²) in [5.74, 6) is 1.00. The number of aliphatic hydroxyl groups excluding tert-OH is 1. The molecule has 0 aliphatic carbocycles. The zero-order chi connectivity index (χ0) is 16.7. The van der Waals surface area contributed by atoms with Crippen LogP contribution in [0.15, 0.2) is 58.7 Å². The Kier molecular flexibility index (Phi) is 5.88. The molecule has 2 aromatic rings. The van der Waals surface area contributed by atoms with Crippen LogP contribution in [0.1, 0.15) is 30.5 Å². The molecule has 120 valence electrons. The summed E-state index contributed by atoms with van der Waals surface area (Å²) >= 11 is 0. The molecule has 2 aromatic carbocycles. The summed E-state index contributed by atoms with van der Waals surface area (Å²) in [6.45, 7) is 3.92. The number of hydrogen-bond donors (Lipinski definition) is 2. The number of aliphatic imine (C=N–C) groups is 1. The van der Waals surface area contributed by atoms with Gasteiger partial charge in [-0.15, -0.1) is 0 Å². The number of hydrogen-bond acceptors (Lipinski definition) is 4. The molecule has 0 saturated carbocycles. The van der Waals surface area contributed by atoms with Gasteiger partial charge in [0.2, 0.25) is 0 Å². The first kappa shape index (κ1) is 16.7. The molecular weight excluding hydrogens is 292 g/mol. The van der Waals surface area contributed by atoms with Crippen molar-refractivity contribution in [2.45, 2.75) is 26.6 Å². The second-order valence-electron chi connectivity index (χ2n) is 5.27. The molecule has 0 bridgehead atoms. The lowest BCUT2D eigenvalue weighted by Crippen LogP contribution is -2.05. The Balaban J connectivity index is 2.10. The summed E-state index contributed by atoms with van der Waals surface area (Å²) in [6.07, 6.45) is 1.75. The Morgan fingerprint density at radius 3 is 2.26 bits per heavy atom. The topological polar surface area (TPSA) is 74.4 Å². The smallest absolute Gasteiger partial charge is 0.198 e. The van der Waals surface area contributed by atoms with Gasteiger partial charge in [-0.25, -0.2) is 4.99 Å². The molecule has 0 amide bonds. The lowest BCUT2D eigenvalue weighted by Gasteiger charge is -2.09. The van der Waals surface area contributed by atoms with Gasteiger partial charge in [-0.2, -0.15) is 0 Å². The minimum absolute atomic E-state index is 0.0278. The van der Waals surface area contributed by atoms with Crippen LogP contribution in [0.4, 0.5) is 0 Å². The molecular formula is C18H20N2O3. The van der Waals surface area contributed by atoms with Crippen LogP contribution in [0.25, 0.3) is 0 Å². The van der Waals surface area contributed by atoms with E-state index >= 15 is 0 Å². The van der Waals surface area contributed by atoms with E-state index in [4.69, 9.17) is 15.1 Å². The maximum atomic E-state index is 9.13. The van der Waals surface area contributed by atoms with E-state index in [0.717, 1.165) is 16.9 Å². The minimum atomic E-state index is -0.0278. The predicted molar refractivity (Wildman–Crippen MR) is 90.5 cm³/mol. The Morgan fingerprint density at radius 1 is 1.09 bits per heavy atom. The van der Waals surface area contributed by atoms with E-state index in [2.05, 4.69) is 10.1 Å². The lowest BCUT2D eigenvalue weighted by atomic mass is 10.1. The number of nitrogens with zero attached hydrogens (tertiary/aromatic N) is 2. The summed E-state index contributed by atoms with van der Waals surface area (Å²) in [4.78, 5) is 4.20. The van der Waals surface area contributed by atoms with Gasteiger partial charge in [0.05, 0.1) is 12.7 Å². The molecule has 0 spiro atoms. The number of rotatable bonds is 5. The maximum absolute atomic E-state index is 9.13. The highest BCUT2D eigenvalue weighted by molar-refractivity contribution is 6.04. The highest BCUT2D eigenvalue weighted by atomic mass is 16.5. The number of amidine groups is 1. The molecule has 0 radical (unpaired) electrons. The highest BCUT2D eigenvalue weighted by Crippen LogP contribution is 2.13. The van der Waals surface area contributed by atoms with E-state index in [9.17, 15) is 0 Å². The fourth-order valence-electron chi connectivity index (χ4n) is 1.96. The lowest BCUT2D eigenvalue weighted by molar-refractivity contribution is 0.242. The minimum Gasteiger partial charge on any atom is -0.491 e. The largest absolute Gasteiger partial charge is 0.491 e. The summed E-state index contributed by atoms with van der Waals surface area (Å²) in [5, 5.41) is 21.4. The van der Waals surface area contributed by atoms with E-state index < -0.39 is 0 Å². The number of aliphatic hydroxyl groups is 1. The third-order valence-electron chi connectivity index (χ3n) is 3.08. The molecule has 0 aromatic heterocycles. The average Bonchev–Trinajstić information content (AvgIpc) is 2.57. The summed E-state index contributed by atoms with van der Waals surface area (Å²) in [5.41, 5.74) is 2.32. The summed E-state index contributed by atoms with van der Waals surface area (Å²) in [7, 11) is 0. The van der Waals surface area contributed by atoms with Crippen LogP contribution in [0.2, 0.25) is 0 Å². The Morgan fingerprint density at radius 2 is 1.74 bits per heavy atom. The normalized spacial score (nSPS) is 12.1. The van der Waals surface area contributed by atoms with Crippen molar-refractivity contribution in [3.8, 4) is 5.75 Å². The first-order chi connectivity index (χ1) is 11.1. The SMILES string of the molecule is CC(C)Oc1ccc(C=N/C(=N\O)c2ccc(CO)cc2)cc1. The van der Waals surface area contributed by atoms with Crippen molar-refractivity contribution in [1.82, 2.24) is 0 Å². The van der Waals surface area contributed by atoms with Crippen molar-refractivity contribution < 1.29 is 15.1 Å². The molecule has 0 unspecified atom stereocenters. The van der Waals surface area contributed by atoms with Crippen LogP contribution in [-0.4, -0.2) is 28.5 Å². The molecule has 23 heavy (non-hydrogen) atoms. The molecule has 0 heterocycles. The Bertz CT molecular complexity index is 674. The molecule has 2 rings (SSSR count). The van der Waals surface area contributed by atoms with E-state index in [1.807, 2.05) is 38.1 Å². The van der Waals surface area contributed by atoms with E-state index in [-0.39, 0.29) is 18.5 Å². The molecule has 0 aliphatic heterocycles. The molecule has 0 saturated heterocycles. The van der Waals surface area contributed by atoms with Gasteiger partial charge in [-0.3, -0.25) is 0 Å². The van der Waals surface area contributed by atoms with Gasteiger partial charge in [0.25, 0.3) is 0 Å². The molecule has 0 aliphatic rings. The zero-order valence-corrected chi connectivity index (χ0v) is 13.2. The standard InChI is InChI=1S/C18H20N2O3/c1-13(2)23-17-9-5-14(6-10-17)11-19-18(20-22)16-7-3-15(12-21)4-8-16/h3-11,13,21-22H,12H2,1-2H3/b19-11?,20-18-. The van der Waals surface area contributed by atoms with Gasteiger partial charge in [0.1, 0.15) is 5.75 Å². The van der Waals surface area contributed by atoms with Crippen LogP contribution >= 0.6 is 0 Å². The van der Waals surface area contributed by atoms with Gasteiger partial charge in [-0.05, 0) is 49.2 Å². The first-order valence-corrected chi connectivity index (χ1v) is 7.35. The summed E-state index contributed by atoms with van der Waals surface area (Å²) < 4.78 is 5.58. The van der Waals surface area contributed by atoms with Crippen LogP contribution in [-0.2, 0) is 6.61 Å². The van der Waals surface area contributed by atoms with Crippen LogP contribution < -0.4 is 4.74 Å². The van der Waals surface area contributed by atoms with Crippen molar-refractivity contribution in [1.29, 1.82) is 0 Å². The first-order valence-electron chi connectivity index (χ1n) is 7.35. The Labute approximate surface area is 135 Å². The third-order valence-corrected chi connectivity index (χ3v) is 3.08. The zero-order valence-electron chi connectivity index (χ0n) is 13.2. The average molecular weight is 312 g/mol. The summed E-state index contributed by atoms with van der Waals surface area (Å²) in [6, 6.07) is 14.5. The second-order valence-corrected chi connectivity index (χ2v) is 5.27. The van der Waals surface area contributed by atoms with Gasteiger partial charge >= 0.3 is 0 Å². The number of oxime groups is 1. The molecule has 5 heteroatoms. The van der Waals surface area contributed by atoms with E-state index in [0.29, 0.717) is 5.56 Å². The van der Waals surface area contributed by atoms with Crippen molar-refractivity contribution in [3.63, 3.8) is 0 Å². The third kappa shape index (κ3) is 4.93. The number of benzene rings is 2. The molecule has 0 atom stereocenters. The fourth-order valence-corrected chi connectivity index (χ4v) is 1.96. The quantitative estimate of drug-likeness (QED) is 0.385. The van der Waals surface area contributed by atoms with Crippen molar-refractivity contribution in [3.05, 3.63) is 65.2 Å². The van der Waals surface area contributed by atoms with Crippen molar-refractivity contribution in [2.24, 2.45) is 10.1 Å². The molecule has 5 nitrogen and oxygen atoms in total. The monoisotopic (exact) mass is 312 g/mol. The Hall–Kier alpha value is -2.66. The van der Waals surface area contributed by atoms with Crippen molar-refractivity contribution >= 4 is 12.1 Å². The van der Waals surface area contributed by atoms with Gasteiger partial charge in [0, 0.05) is 11.8 Å². The maximum Gasteiger partial charge on any atom is 0.198 e.